The van der Waals surface area contributed by atoms with Gasteiger partial charge in [-0.2, -0.15) is 0 Å². The number of hydrogen-bond acceptors (Lipinski definition) is 4. The first-order chi connectivity index (χ1) is 8.58. The fourth-order valence-corrected chi connectivity index (χ4v) is 2.41. The summed E-state index contributed by atoms with van der Waals surface area (Å²) in [6.07, 6.45) is 4.61. The standard InChI is InChI=1S/C14H23N3O/c1-10-7-16-13(11(2)14(10)15)9-17(3)8-12-5-4-6-18-12/h7,12H,4-6,8-9H2,1-3H3,(H2,15,16). The van der Waals surface area contributed by atoms with Gasteiger partial charge in [0.15, 0.2) is 0 Å². The largest absolute Gasteiger partial charge is 0.398 e. The van der Waals surface area contributed by atoms with E-state index < -0.39 is 0 Å². The second-order valence-corrected chi connectivity index (χ2v) is 5.26. The van der Waals surface area contributed by atoms with E-state index in [9.17, 15) is 0 Å². The van der Waals surface area contributed by atoms with Gasteiger partial charge in [-0.3, -0.25) is 9.88 Å². The minimum Gasteiger partial charge on any atom is -0.398 e. The summed E-state index contributed by atoms with van der Waals surface area (Å²) in [5.74, 6) is 0. The Morgan fingerprint density at radius 3 is 2.94 bits per heavy atom. The Balaban J connectivity index is 1.98. The second-order valence-electron chi connectivity index (χ2n) is 5.26. The molecule has 1 unspecified atom stereocenters. The number of pyridine rings is 1. The second kappa shape index (κ2) is 5.67. The third-order valence-electron chi connectivity index (χ3n) is 3.63. The molecule has 0 spiro atoms. The van der Waals surface area contributed by atoms with Crippen LogP contribution < -0.4 is 5.73 Å². The first kappa shape index (κ1) is 13.3. The summed E-state index contributed by atoms with van der Waals surface area (Å²) >= 11 is 0. The highest BCUT2D eigenvalue weighted by Crippen LogP contribution is 2.19. The summed E-state index contributed by atoms with van der Waals surface area (Å²) in [4.78, 5) is 6.75. The number of rotatable bonds is 4. The zero-order valence-electron chi connectivity index (χ0n) is 11.6. The maximum absolute atomic E-state index is 6.04. The summed E-state index contributed by atoms with van der Waals surface area (Å²) in [5, 5.41) is 0. The number of anilines is 1. The molecule has 0 amide bonds. The van der Waals surface area contributed by atoms with Crippen LogP contribution in [0.2, 0.25) is 0 Å². The lowest BCUT2D eigenvalue weighted by Gasteiger charge is -2.21. The van der Waals surface area contributed by atoms with Crippen molar-refractivity contribution < 1.29 is 4.74 Å². The SMILES string of the molecule is Cc1cnc(CN(C)CC2CCCO2)c(C)c1N. The first-order valence-electron chi connectivity index (χ1n) is 6.58. The van der Waals surface area contributed by atoms with E-state index in [-0.39, 0.29) is 0 Å². The van der Waals surface area contributed by atoms with Crippen molar-refractivity contribution in [2.45, 2.75) is 39.3 Å². The lowest BCUT2D eigenvalue weighted by molar-refractivity contribution is 0.0789. The van der Waals surface area contributed by atoms with E-state index in [0.717, 1.165) is 42.2 Å². The van der Waals surface area contributed by atoms with Crippen LogP contribution in [0.4, 0.5) is 5.69 Å². The molecule has 1 atom stereocenters. The number of likely N-dealkylation sites (N-methyl/N-ethyl adjacent to an activating group) is 1. The zero-order valence-corrected chi connectivity index (χ0v) is 11.6. The average molecular weight is 249 g/mol. The topological polar surface area (TPSA) is 51.4 Å². The van der Waals surface area contributed by atoms with Crippen molar-refractivity contribution in [2.24, 2.45) is 0 Å². The Labute approximate surface area is 109 Å². The Hall–Kier alpha value is -1.13. The fraction of sp³-hybridized carbons (Fsp3) is 0.643. The zero-order chi connectivity index (χ0) is 13.1. The van der Waals surface area contributed by atoms with Crippen LogP contribution in [-0.4, -0.2) is 36.2 Å². The first-order valence-corrected chi connectivity index (χ1v) is 6.58. The van der Waals surface area contributed by atoms with Crippen LogP contribution in [0.15, 0.2) is 6.20 Å². The van der Waals surface area contributed by atoms with Crippen molar-refractivity contribution in [1.29, 1.82) is 0 Å². The minimum atomic E-state index is 0.387. The summed E-state index contributed by atoms with van der Waals surface area (Å²) in [5.41, 5.74) is 10.1. The quantitative estimate of drug-likeness (QED) is 0.885. The predicted octanol–water partition coefficient (Wildman–Crippen LogP) is 1.89. The molecule has 1 fully saturated rings. The van der Waals surface area contributed by atoms with Crippen LogP contribution in [-0.2, 0) is 11.3 Å². The van der Waals surface area contributed by atoms with Gasteiger partial charge in [0, 0.05) is 31.6 Å². The minimum absolute atomic E-state index is 0.387. The summed E-state index contributed by atoms with van der Waals surface area (Å²) < 4.78 is 5.65. The van der Waals surface area contributed by atoms with Crippen LogP contribution in [0.1, 0.15) is 29.7 Å². The molecule has 18 heavy (non-hydrogen) atoms. The lowest BCUT2D eigenvalue weighted by atomic mass is 10.1. The van der Waals surface area contributed by atoms with Gasteiger partial charge in [-0.15, -0.1) is 0 Å². The summed E-state index contributed by atoms with van der Waals surface area (Å²) in [6.45, 7) is 6.75. The molecule has 1 aliphatic heterocycles. The third kappa shape index (κ3) is 3.00. The number of nitrogens with two attached hydrogens (primary N) is 1. The number of hydrogen-bond donors (Lipinski definition) is 1. The van der Waals surface area contributed by atoms with Crippen LogP contribution in [0, 0.1) is 13.8 Å². The van der Waals surface area contributed by atoms with Crippen molar-refractivity contribution >= 4 is 5.69 Å². The Morgan fingerprint density at radius 2 is 2.28 bits per heavy atom. The Bertz CT molecular complexity index is 414. The molecule has 0 aliphatic carbocycles. The van der Waals surface area contributed by atoms with Gasteiger partial charge in [0.1, 0.15) is 0 Å². The van der Waals surface area contributed by atoms with Crippen molar-refractivity contribution in [1.82, 2.24) is 9.88 Å². The fourth-order valence-electron chi connectivity index (χ4n) is 2.41. The summed E-state index contributed by atoms with van der Waals surface area (Å²) in [6, 6.07) is 0. The number of nitrogens with zero attached hydrogens (tertiary/aromatic N) is 2. The van der Waals surface area contributed by atoms with E-state index >= 15 is 0 Å². The molecule has 0 saturated carbocycles. The molecule has 4 nitrogen and oxygen atoms in total. The van der Waals surface area contributed by atoms with Gasteiger partial charge in [0.05, 0.1) is 11.8 Å². The van der Waals surface area contributed by atoms with Crippen molar-refractivity contribution in [3.8, 4) is 0 Å². The maximum atomic E-state index is 6.04. The third-order valence-corrected chi connectivity index (χ3v) is 3.63. The molecule has 2 rings (SSSR count). The number of aromatic nitrogens is 1. The van der Waals surface area contributed by atoms with E-state index in [1.165, 1.54) is 12.8 Å². The van der Waals surface area contributed by atoms with Crippen LogP contribution >= 0.6 is 0 Å². The van der Waals surface area contributed by atoms with Crippen LogP contribution in [0.25, 0.3) is 0 Å². The molecule has 2 N–H and O–H groups in total. The van der Waals surface area contributed by atoms with Crippen molar-refractivity contribution in [3.63, 3.8) is 0 Å². The average Bonchev–Trinajstić information content (AvgIpc) is 2.83. The molecular weight excluding hydrogens is 226 g/mol. The molecule has 1 aromatic heterocycles. The molecule has 0 radical (unpaired) electrons. The molecule has 4 heteroatoms. The summed E-state index contributed by atoms with van der Waals surface area (Å²) in [7, 11) is 2.11. The number of aryl methyl sites for hydroxylation is 1. The lowest BCUT2D eigenvalue weighted by Crippen LogP contribution is -2.29. The highest BCUT2D eigenvalue weighted by molar-refractivity contribution is 5.53. The van der Waals surface area contributed by atoms with Crippen LogP contribution in [0.5, 0.6) is 0 Å². The normalized spacial score (nSPS) is 19.7. The van der Waals surface area contributed by atoms with Gasteiger partial charge in [-0.05, 0) is 44.9 Å². The molecular formula is C14H23N3O. The highest BCUT2D eigenvalue weighted by Gasteiger charge is 2.18. The predicted molar refractivity (Wildman–Crippen MR) is 73.4 cm³/mol. The van der Waals surface area contributed by atoms with Gasteiger partial charge in [-0.1, -0.05) is 0 Å². The molecule has 0 bridgehead atoms. The van der Waals surface area contributed by atoms with Gasteiger partial charge in [0.25, 0.3) is 0 Å². The van der Waals surface area contributed by atoms with E-state index in [4.69, 9.17) is 10.5 Å². The molecule has 100 valence electrons. The maximum Gasteiger partial charge on any atom is 0.0702 e. The van der Waals surface area contributed by atoms with Gasteiger partial charge < -0.3 is 10.5 Å². The van der Waals surface area contributed by atoms with Gasteiger partial charge >= 0.3 is 0 Å². The van der Waals surface area contributed by atoms with E-state index in [1.807, 2.05) is 20.0 Å². The molecule has 1 aromatic rings. The van der Waals surface area contributed by atoms with E-state index in [0.29, 0.717) is 6.10 Å². The Morgan fingerprint density at radius 1 is 1.50 bits per heavy atom. The molecule has 0 aromatic carbocycles. The molecule has 2 heterocycles. The van der Waals surface area contributed by atoms with Crippen molar-refractivity contribution in [3.05, 3.63) is 23.0 Å². The molecule has 1 saturated heterocycles. The smallest absolute Gasteiger partial charge is 0.0702 e. The Kier molecular flexibility index (Phi) is 4.19. The number of nitrogen functional groups attached to an aromatic ring is 1. The highest BCUT2D eigenvalue weighted by atomic mass is 16.5. The van der Waals surface area contributed by atoms with Crippen molar-refractivity contribution in [2.75, 3.05) is 25.9 Å². The van der Waals surface area contributed by atoms with Gasteiger partial charge in [-0.25, -0.2) is 0 Å². The van der Waals surface area contributed by atoms with E-state index in [1.54, 1.807) is 0 Å². The van der Waals surface area contributed by atoms with Gasteiger partial charge in [0.2, 0.25) is 0 Å². The molecule has 1 aliphatic rings. The van der Waals surface area contributed by atoms with E-state index in [2.05, 4.69) is 16.9 Å². The van der Waals surface area contributed by atoms with Crippen LogP contribution in [0.3, 0.4) is 0 Å². The monoisotopic (exact) mass is 249 g/mol. The number of ether oxygens (including phenoxy) is 1.